The Hall–Kier alpha value is -4.14. The average Bonchev–Trinajstić information content (AvgIpc) is 3.48. The number of carboxylic acids is 1. The van der Waals surface area contributed by atoms with Crippen molar-refractivity contribution in [2.45, 2.75) is 20.3 Å². The molecule has 6 rings (SSSR count). The van der Waals surface area contributed by atoms with E-state index in [-0.39, 0.29) is 6.42 Å². The van der Waals surface area contributed by atoms with Gasteiger partial charge in [-0.1, -0.05) is 29.8 Å². The third-order valence-electron chi connectivity index (χ3n) is 6.72. The SMILES string of the molecule is Cc1cc2nc(-c3cc(-c4ccc5c(cnn5C)c4)nnc3C)sc2c(-c2ccc(Cl)cc2)c1CC(=O)O. The normalized spacial score (nSPS) is 11.5. The molecule has 0 bridgehead atoms. The lowest BCUT2D eigenvalue weighted by atomic mass is 9.93. The molecular weight excluding hydrogens is 518 g/mol. The minimum Gasteiger partial charge on any atom is -0.481 e. The third kappa shape index (κ3) is 4.21. The summed E-state index contributed by atoms with van der Waals surface area (Å²) in [5, 5.41) is 25.4. The van der Waals surface area contributed by atoms with Crippen LogP contribution in [-0.4, -0.2) is 36.0 Å². The van der Waals surface area contributed by atoms with Crippen LogP contribution in [0.5, 0.6) is 0 Å². The van der Waals surface area contributed by atoms with Crippen molar-refractivity contribution in [2.75, 3.05) is 0 Å². The highest BCUT2D eigenvalue weighted by Gasteiger charge is 2.21. The Balaban J connectivity index is 1.53. The Kier molecular flexibility index (Phi) is 5.93. The zero-order chi connectivity index (χ0) is 26.6. The number of aromatic nitrogens is 5. The Morgan fingerprint density at radius 3 is 2.55 bits per heavy atom. The molecule has 0 fully saturated rings. The van der Waals surface area contributed by atoms with E-state index < -0.39 is 5.97 Å². The Labute approximate surface area is 227 Å². The summed E-state index contributed by atoms with van der Waals surface area (Å²) < 4.78 is 2.77. The zero-order valence-electron chi connectivity index (χ0n) is 20.9. The first-order chi connectivity index (χ1) is 18.3. The number of thiazole rings is 1. The second-order valence-corrected chi connectivity index (χ2v) is 10.7. The summed E-state index contributed by atoms with van der Waals surface area (Å²) in [6, 6.07) is 17.6. The first kappa shape index (κ1) is 24.2. The highest BCUT2D eigenvalue weighted by Crippen LogP contribution is 2.42. The fourth-order valence-corrected chi connectivity index (χ4v) is 6.12. The van der Waals surface area contributed by atoms with E-state index in [1.54, 1.807) is 0 Å². The van der Waals surface area contributed by atoms with E-state index in [0.717, 1.165) is 70.9 Å². The molecule has 7 nitrogen and oxygen atoms in total. The lowest BCUT2D eigenvalue weighted by Gasteiger charge is -2.13. The fraction of sp³-hybridized carbons (Fsp3) is 0.138. The summed E-state index contributed by atoms with van der Waals surface area (Å²) in [5.41, 5.74) is 8.66. The molecule has 0 radical (unpaired) electrons. The van der Waals surface area contributed by atoms with Gasteiger partial charge >= 0.3 is 5.97 Å². The number of aryl methyl sites for hydroxylation is 3. The largest absolute Gasteiger partial charge is 0.481 e. The fourth-order valence-electron chi connectivity index (χ4n) is 4.78. The molecule has 188 valence electrons. The molecule has 0 unspecified atom stereocenters. The number of hydrogen-bond donors (Lipinski definition) is 1. The summed E-state index contributed by atoms with van der Waals surface area (Å²) in [5.74, 6) is -0.878. The number of nitrogens with zero attached hydrogens (tertiary/aromatic N) is 5. The molecule has 0 saturated heterocycles. The van der Waals surface area contributed by atoms with Crippen molar-refractivity contribution >= 4 is 50.0 Å². The standard InChI is InChI=1S/C29H22ClN5O2S/c1-15-10-24-28(27(21(15)13-26(36)37)17-4-7-20(30)8-5-17)38-29(32-24)22-12-23(34-33-16(22)2)18-6-9-25-19(11-18)14-31-35(25)3/h4-12,14H,13H2,1-3H3,(H,36,37). The van der Waals surface area contributed by atoms with Gasteiger partial charge in [-0.3, -0.25) is 9.48 Å². The molecule has 3 aromatic heterocycles. The van der Waals surface area contributed by atoms with Crippen LogP contribution in [-0.2, 0) is 18.3 Å². The highest BCUT2D eigenvalue weighted by molar-refractivity contribution is 7.22. The zero-order valence-corrected chi connectivity index (χ0v) is 22.4. The van der Waals surface area contributed by atoms with Crippen LogP contribution in [0.25, 0.3) is 54.1 Å². The van der Waals surface area contributed by atoms with E-state index >= 15 is 0 Å². The summed E-state index contributed by atoms with van der Waals surface area (Å²) >= 11 is 7.68. The van der Waals surface area contributed by atoms with Gasteiger partial charge in [-0.05, 0) is 66.9 Å². The van der Waals surface area contributed by atoms with Gasteiger partial charge in [-0.2, -0.15) is 15.3 Å². The Bertz CT molecular complexity index is 1870. The topological polar surface area (TPSA) is 93.8 Å². The molecule has 6 aromatic rings. The van der Waals surface area contributed by atoms with Crippen LogP contribution in [0.2, 0.25) is 5.02 Å². The average molecular weight is 540 g/mol. The number of aliphatic carboxylic acids is 1. The van der Waals surface area contributed by atoms with Crippen LogP contribution in [0, 0.1) is 13.8 Å². The van der Waals surface area contributed by atoms with Gasteiger partial charge in [0.2, 0.25) is 0 Å². The lowest BCUT2D eigenvalue weighted by molar-refractivity contribution is -0.136. The van der Waals surface area contributed by atoms with Gasteiger partial charge in [0, 0.05) is 34.1 Å². The number of halogens is 1. The van der Waals surface area contributed by atoms with Gasteiger partial charge in [0.1, 0.15) is 5.01 Å². The van der Waals surface area contributed by atoms with Gasteiger partial charge in [0.15, 0.2) is 0 Å². The molecule has 0 aliphatic heterocycles. The summed E-state index contributed by atoms with van der Waals surface area (Å²) in [7, 11) is 1.92. The van der Waals surface area contributed by atoms with Crippen molar-refractivity contribution in [1.29, 1.82) is 0 Å². The van der Waals surface area contributed by atoms with Crippen molar-refractivity contribution in [3.63, 3.8) is 0 Å². The quantitative estimate of drug-likeness (QED) is 0.257. The van der Waals surface area contributed by atoms with Crippen molar-refractivity contribution < 1.29 is 9.90 Å². The van der Waals surface area contributed by atoms with E-state index in [1.807, 2.05) is 80.3 Å². The van der Waals surface area contributed by atoms with E-state index in [1.165, 1.54) is 11.3 Å². The first-order valence-corrected chi connectivity index (χ1v) is 13.2. The number of benzene rings is 3. The Morgan fingerprint density at radius 2 is 1.79 bits per heavy atom. The number of rotatable bonds is 5. The molecule has 0 spiro atoms. The van der Waals surface area contributed by atoms with Crippen molar-refractivity contribution in [3.05, 3.63) is 82.6 Å². The van der Waals surface area contributed by atoms with Gasteiger partial charge in [-0.25, -0.2) is 4.98 Å². The number of carbonyl (C=O) groups is 1. The van der Waals surface area contributed by atoms with Crippen molar-refractivity contribution in [3.8, 4) is 33.0 Å². The molecular formula is C29H22ClN5O2S. The molecule has 1 N–H and O–H groups in total. The summed E-state index contributed by atoms with van der Waals surface area (Å²) in [6.45, 7) is 3.85. The number of fused-ring (bicyclic) bond motifs is 2. The van der Waals surface area contributed by atoms with E-state index in [4.69, 9.17) is 16.6 Å². The summed E-state index contributed by atoms with van der Waals surface area (Å²) in [6.07, 6.45) is 1.76. The molecule has 0 saturated carbocycles. The Morgan fingerprint density at radius 1 is 1.03 bits per heavy atom. The van der Waals surface area contributed by atoms with Crippen LogP contribution < -0.4 is 0 Å². The van der Waals surface area contributed by atoms with E-state index in [9.17, 15) is 9.90 Å². The van der Waals surface area contributed by atoms with Gasteiger partial charge in [-0.15, -0.1) is 11.3 Å². The van der Waals surface area contributed by atoms with Crippen LogP contribution in [0.4, 0.5) is 0 Å². The maximum absolute atomic E-state index is 11.8. The van der Waals surface area contributed by atoms with Gasteiger partial charge < -0.3 is 5.11 Å². The second-order valence-electron chi connectivity index (χ2n) is 9.26. The van der Waals surface area contributed by atoms with Crippen LogP contribution in [0.3, 0.4) is 0 Å². The predicted molar refractivity (Wildman–Crippen MR) is 152 cm³/mol. The molecule has 38 heavy (non-hydrogen) atoms. The van der Waals surface area contributed by atoms with Crippen molar-refractivity contribution in [1.82, 2.24) is 25.0 Å². The van der Waals surface area contributed by atoms with E-state index in [2.05, 4.69) is 21.4 Å². The summed E-state index contributed by atoms with van der Waals surface area (Å²) in [4.78, 5) is 16.7. The number of carboxylic acid groups (broad SMARTS) is 1. The van der Waals surface area contributed by atoms with Crippen LogP contribution in [0.15, 0.2) is 60.8 Å². The maximum atomic E-state index is 11.8. The maximum Gasteiger partial charge on any atom is 0.307 e. The molecule has 0 amide bonds. The predicted octanol–water partition coefficient (Wildman–Crippen LogP) is 6.87. The molecule has 0 aliphatic carbocycles. The minimum absolute atomic E-state index is 0.0796. The molecule has 3 heterocycles. The smallest absolute Gasteiger partial charge is 0.307 e. The second kappa shape index (κ2) is 9.31. The minimum atomic E-state index is -0.878. The first-order valence-electron chi connectivity index (χ1n) is 12.0. The monoisotopic (exact) mass is 539 g/mol. The van der Waals surface area contributed by atoms with Gasteiger partial charge in [0.05, 0.1) is 39.7 Å². The molecule has 9 heteroatoms. The molecule has 3 aromatic carbocycles. The van der Waals surface area contributed by atoms with Crippen molar-refractivity contribution in [2.24, 2.45) is 7.05 Å². The molecule has 0 atom stereocenters. The van der Waals surface area contributed by atoms with Crippen LogP contribution >= 0.6 is 22.9 Å². The lowest BCUT2D eigenvalue weighted by Crippen LogP contribution is -2.04. The van der Waals surface area contributed by atoms with Crippen LogP contribution in [0.1, 0.15) is 16.8 Å². The highest BCUT2D eigenvalue weighted by atomic mass is 35.5. The van der Waals surface area contributed by atoms with Gasteiger partial charge in [0.25, 0.3) is 0 Å². The third-order valence-corrected chi connectivity index (χ3v) is 8.10. The number of hydrogen-bond acceptors (Lipinski definition) is 6. The molecule has 0 aliphatic rings. The van der Waals surface area contributed by atoms with E-state index in [0.29, 0.717) is 5.02 Å².